The zero-order valence-electron chi connectivity index (χ0n) is 34.7. The van der Waals surface area contributed by atoms with Crippen molar-refractivity contribution in [1.82, 2.24) is 0 Å². The summed E-state index contributed by atoms with van der Waals surface area (Å²) in [5.41, 5.74) is 15.3. The summed E-state index contributed by atoms with van der Waals surface area (Å²) >= 11 is 0. The molecule has 0 spiro atoms. The van der Waals surface area contributed by atoms with Crippen molar-refractivity contribution in [2.75, 3.05) is 0 Å². The molecule has 0 saturated carbocycles. The van der Waals surface area contributed by atoms with E-state index in [2.05, 4.69) is 179 Å². The summed E-state index contributed by atoms with van der Waals surface area (Å²) in [6, 6.07) is 32.5. The number of allylic oxidation sites excluding steroid dienone is 3. The Labute approximate surface area is 327 Å². The molecule has 280 valence electrons. The molecule has 0 saturated heterocycles. The van der Waals surface area contributed by atoms with Crippen molar-refractivity contribution in [3.05, 3.63) is 167 Å². The fourth-order valence-electron chi connectivity index (χ4n) is 8.53. The number of rotatable bonds is 13. The quantitative estimate of drug-likeness (QED) is 0.0748. The zero-order valence-corrected chi connectivity index (χ0v) is 34.7. The van der Waals surface area contributed by atoms with Gasteiger partial charge in [0.2, 0.25) is 0 Å². The van der Waals surface area contributed by atoms with Crippen LogP contribution in [0.1, 0.15) is 134 Å². The normalized spacial score (nSPS) is 16.9. The fourth-order valence-corrected chi connectivity index (χ4v) is 8.53. The molecular formula is C52H62N2. The molecule has 54 heavy (non-hydrogen) atoms. The van der Waals surface area contributed by atoms with Crippen molar-refractivity contribution in [1.29, 1.82) is 0 Å². The van der Waals surface area contributed by atoms with E-state index in [1.165, 1.54) is 33.4 Å². The Balaban J connectivity index is 1.66. The lowest BCUT2D eigenvalue weighted by molar-refractivity contribution is 0.401. The molecule has 0 aromatic heterocycles. The first kappa shape index (κ1) is 40.4. The van der Waals surface area contributed by atoms with Crippen LogP contribution in [0, 0.1) is 0 Å². The van der Waals surface area contributed by atoms with Gasteiger partial charge in [-0.2, -0.15) is 0 Å². The number of aryl methyl sites for hydroxylation is 1. The van der Waals surface area contributed by atoms with Crippen LogP contribution in [-0.4, -0.2) is 11.5 Å². The lowest BCUT2D eigenvalue weighted by Crippen LogP contribution is -2.24. The van der Waals surface area contributed by atoms with E-state index in [4.69, 9.17) is 9.98 Å². The number of benzene rings is 4. The van der Waals surface area contributed by atoms with E-state index < -0.39 is 0 Å². The Morgan fingerprint density at radius 1 is 0.759 bits per heavy atom. The van der Waals surface area contributed by atoms with Gasteiger partial charge in [-0.05, 0) is 118 Å². The van der Waals surface area contributed by atoms with E-state index in [1.54, 1.807) is 0 Å². The van der Waals surface area contributed by atoms with Gasteiger partial charge in [0.15, 0.2) is 5.84 Å². The first-order valence-electron chi connectivity index (χ1n) is 20.0. The average molecular weight is 715 g/mol. The van der Waals surface area contributed by atoms with Gasteiger partial charge >= 0.3 is 0 Å². The summed E-state index contributed by atoms with van der Waals surface area (Å²) in [5, 5.41) is 0. The average Bonchev–Trinajstić information content (AvgIpc) is 3.36. The summed E-state index contributed by atoms with van der Waals surface area (Å²) in [5.74, 6) is 0.588. The van der Waals surface area contributed by atoms with Crippen LogP contribution in [-0.2, 0) is 22.7 Å². The lowest BCUT2D eigenvalue weighted by Gasteiger charge is -2.33. The van der Waals surface area contributed by atoms with E-state index in [9.17, 15) is 0 Å². The van der Waals surface area contributed by atoms with Crippen molar-refractivity contribution < 1.29 is 0 Å². The van der Waals surface area contributed by atoms with Crippen LogP contribution in [0.3, 0.4) is 0 Å². The minimum Gasteiger partial charge on any atom is -0.233 e. The zero-order chi connectivity index (χ0) is 39.3. The van der Waals surface area contributed by atoms with Crippen LogP contribution in [0.5, 0.6) is 0 Å². The molecule has 2 nitrogen and oxygen atoms in total. The summed E-state index contributed by atoms with van der Waals surface area (Å²) in [6.45, 7) is 32.0. The van der Waals surface area contributed by atoms with E-state index in [1.807, 2.05) is 12.1 Å². The van der Waals surface area contributed by atoms with Gasteiger partial charge in [0, 0.05) is 16.8 Å². The summed E-state index contributed by atoms with van der Waals surface area (Å²) in [4.78, 5) is 10.4. The second kappa shape index (κ2) is 16.7. The highest BCUT2D eigenvalue weighted by molar-refractivity contribution is 6.13. The molecule has 1 aliphatic rings. The Hall–Kier alpha value is -4.82. The monoisotopic (exact) mass is 714 g/mol. The highest BCUT2D eigenvalue weighted by atomic mass is 14.9. The Kier molecular flexibility index (Phi) is 12.5. The molecule has 0 aliphatic heterocycles. The molecule has 4 aromatic rings. The molecular weight excluding hydrogens is 653 g/mol. The Morgan fingerprint density at radius 3 is 2.06 bits per heavy atom. The van der Waals surface area contributed by atoms with Crippen LogP contribution in [0.4, 0.5) is 0 Å². The number of amidine groups is 1. The van der Waals surface area contributed by atoms with Crippen molar-refractivity contribution in [3.63, 3.8) is 0 Å². The second-order valence-corrected chi connectivity index (χ2v) is 16.8. The molecule has 0 heterocycles. The maximum absolute atomic E-state index is 5.20. The number of hydrogen-bond acceptors (Lipinski definition) is 1. The molecule has 1 atom stereocenters. The predicted molar refractivity (Wildman–Crippen MR) is 238 cm³/mol. The SMILES string of the molecule is C=C/C(=C\C=C(/C)c1cc2c(cc1C(C)(CC)CCC)C(C)(C)CC2(C)C)C(=NC(=C)c1cccc(-c2ccccc2)c1)N=C(C)c1cccc(CC)c1. The van der Waals surface area contributed by atoms with Crippen molar-refractivity contribution in [2.24, 2.45) is 9.98 Å². The predicted octanol–water partition coefficient (Wildman–Crippen LogP) is 14.4. The van der Waals surface area contributed by atoms with E-state index in [-0.39, 0.29) is 16.2 Å². The summed E-state index contributed by atoms with van der Waals surface area (Å²) in [6.07, 6.45) is 11.8. The van der Waals surface area contributed by atoms with Gasteiger partial charge in [-0.3, -0.25) is 0 Å². The maximum Gasteiger partial charge on any atom is 0.159 e. The minimum atomic E-state index is 0.0785. The molecule has 5 rings (SSSR count). The van der Waals surface area contributed by atoms with Gasteiger partial charge in [-0.25, -0.2) is 9.98 Å². The van der Waals surface area contributed by atoms with E-state index in [0.29, 0.717) is 11.5 Å². The Morgan fingerprint density at radius 2 is 1.41 bits per heavy atom. The molecule has 1 unspecified atom stereocenters. The van der Waals surface area contributed by atoms with Gasteiger partial charge in [0.25, 0.3) is 0 Å². The van der Waals surface area contributed by atoms with E-state index in [0.717, 1.165) is 65.6 Å². The molecule has 0 N–H and O–H groups in total. The number of hydrogen-bond donors (Lipinski definition) is 0. The van der Waals surface area contributed by atoms with Crippen molar-refractivity contribution >= 4 is 22.8 Å². The summed E-state index contributed by atoms with van der Waals surface area (Å²) in [7, 11) is 0. The molecule has 0 amide bonds. The lowest BCUT2D eigenvalue weighted by atomic mass is 9.71. The maximum atomic E-state index is 5.20. The van der Waals surface area contributed by atoms with E-state index >= 15 is 0 Å². The molecule has 0 bridgehead atoms. The van der Waals surface area contributed by atoms with Crippen LogP contribution in [0.2, 0.25) is 0 Å². The van der Waals surface area contributed by atoms with Crippen LogP contribution < -0.4 is 0 Å². The standard InChI is InChI=1S/C52H62N2/c1-13-30-52(12,16-4)46-34-48-47(50(8,9)35-51(48,10)11)33-45(46)36(5)28-29-40(15-3)49(53-37(6)42-25-20-22-39(14-2)31-42)54-38(7)43-26-21-27-44(32-43)41-23-18-17-19-24-41/h15,17-29,31-34H,3,7,13-14,16,30,35H2,1-2,4-6,8-12H3/b36-28+,40-29+,53-37?,54-49?. The van der Waals surface area contributed by atoms with Gasteiger partial charge in [-0.1, -0.05) is 172 Å². The number of aliphatic imine (C=N–C) groups is 2. The third-order valence-electron chi connectivity index (χ3n) is 11.7. The van der Waals surface area contributed by atoms with Gasteiger partial charge in [0.05, 0.1) is 5.70 Å². The number of nitrogens with zero attached hydrogens (tertiary/aromatic N) is 2. The molecule has 1 aliphatic carbocycles. The summed E-state index contributed by atoms with van der Waals surface area (Å²) < 4.78 is 0. The highest BCUT2D eigenvalue weighted by Gasteiger charge is 2.43. The second-order valence-electron chi connectivity index (χ2n) is 16.8. The van der Waals surface area contributed by atoms with Crippen LogP contribution >= 0.6 is 0 Å². The van der Waals surface area contributed by atoms with Crippen molar-refractivity contribution in [2.45, 2.75) is 118 Å². The first-order chi connectivity index (χ1) is 25.7. The highest BCUT2D eigenvalue weighted by Crippen LogP contribution is 2.52. The molecule has 2 heteroatoms. The fraction of sp³-hybridized carbons (Fsp3) is 0.346. The Bertz CT molecular complexity index is 2130. The largest absolute Gasteiger partial charge is 0.233 e. The third kappa shape index (κ3) is 8.76. The number of fused-ring (bicyclic) bond motifs is 1. The van der Waals surface area contributed by atoms with Crippen LogP contribution in [0.15, 0.2) is 138 Å². The van der Waals surface area contributed by atoms with Crippen LogP contribution in [0.25, 0.3) is 22.4 Å². The molecule has 4 aromatic carbocycles. The van der Waals surface area contributed by atoms with Gasteiger partial charge in [0.1, 0.15) is 0 Å². The first-order valence-corrected chi connectivity index (χ1v) is 20.0. The molecule has 0 radical (unpaired) electrons. The van der Waals surface area contributed by atoms with Gasteiger partial charge < -0.3 is 0 Å². The van der Waals surface area contributed by atoms with Gasteiger partial charge in [-0.15, -0.1) is 0 Å². The van der Waals surface area contributed by atoms with Crippen molar-refractivity contribution in [3.8, 4) is 11.1 Å². The smallest absolute Gasteiger partial charge is 0.159 e. The topological polar surface area (TPSA) is 24.7 Å². The minimum absolute atomic E-state index is 0.0785. The third-order valence-corrected chi connectivity index (χ3v) is 11.7. The molecule has 0 fully saturated rings.